The SMILES string of the molecule is Cc1cccc(CNC(=O)CCC(C)C)n1. The van der Waals surface area contributed by atoms with E-state index >= 15 is 0 Å². The van der Waals surface area contributed by atoms with E-state index in [9.17, 15) is 4.79 Å². The van der Waals surface area contributed by atoms with E-state index in [4.69, 9.17) is 0 Å². The molecule has 0 aliphatic heterocycles. The van der Waals surface area contributed by atoms with Crippen LogP contribution < -0.4 is 5.32 Å². The molecule has 16 heavy (non-hydrogen) atoms. The van der Waals surface area contributed by atoms with Crippen LogP contribution in [0.4, 0.5) is 0 Å². The van der Waals surface area contributed by atoms with Crippen molar-refractivity contribution >= 4 is 5.91 Å². The van der Waals surface area contributed by atoms with Gasteiger partial charge < -0.3 is 5.32 Å². The number of carbonyl (C=O) groups excluding carboxylic acids is 1. The number of aryl methyl sites for hydroxylation is 1. The van der Waals surface area contributed by atoms with Crippen LogP contribution in [0.15, 0.2) is 18.2 Å². The second kappa shape index (κ2) is 6.26. The molecule has 3 heteroatoms. The summed E-state index contributed by atoms with van der Waals surface area (Å²) < 4.78 is 0. The van der Waals surface area contributed by atoms with Gasteiger partial charge in [-0.15, -0.1) is 0 Å². The van der Waals surface area contributed by atoms with Crippen molar-refractivity contribution in [1.82, 2.24) is 10.3 Å². The van der Waals surface area contributed by atoms with Crippen LogP contribution in [-0.2, 0) is 11.3 Å². The summed E-state index contributed by atoms with van der Waals surface area (Å²) in [6, 6.07) is 5.83. The van der Waals surface area contributed by atoms with Crippen molar-refractivity contribution in [3.63, 3.8) is 0 Å². The van der Waals surface area contributed by atoms with Crippen LogP contribution in [0, 0.1) is 12.8 Å². The second-order valence-corrected chi connectivity index (χ2v) is 4.48. The number of pyridine rings is 1. The van der Waals surface area contributed by atoms with Crippen molar-refractivity contribution in [2.75, 3.05) is 0 Å². The van der Waals surface area contributed by atoms with Crippen LogP contribution in [0.5, 0.6) is 0 Å². The number of aromatic nitrogens is 1. The Bertz CT molecular complexity index is 348. The lowest BCUT2D eigenvalue weighted by Crippen LogP contribution is -2.23. The number of nitrogens with zero attached hydrogens (tertiary/aromatic N) is 1. The number of nitrogens with one attached hydrogen (secondary N) is 1. The molecule has 0 aliphatic carbocycles. The van der Waals surface area contributed by atoms with Gasteiger partial charge in [-0.3, -0.25) is 9.78 Å². The van der Waals surface area contributed by atoms with E-state index in [-0.39, 0.29) is 5.91 Å². The van der Waals surface area contributed by atoms with Crippen LogP contribution in [0.2, 0.25) is 0 Å². The monoisotopic (exact) mass is 220 g/mol. The molecule has 1 N–H and O–H groups in total. The van der Waals surface area contributed by atoms with Crippen molar-refractivity contribution < 1.29 is 4.79 Å². The van der Waals surface area contributed by atoms with E-state index in [0.29, 0.717) is 18.9 Å². The Balaban J connectivity index is 2.31. The van der Waals surface area contributed by atoms with Crippen LogP contribution >= 0.6 is 0 Å². The van der Waals surface area contributed by atoms with Crippen molar-refractivity contribution in [1.29, 1.82) is 0 Å². The lowest BCUT2D eigenvalue weighted by atomic mass is 10.1. The average Bonchev–Trinajstić information content (AvgIpc) is 2.23. The quantitative estimate of drug-likeness (QED) is 0.828. The Morgan fingerprint density at radius 3 is 2.81 bits per heavy atom. The summed E-state index contributed by atoms with van der Waals surface area (Å²) in [7, 11) is 0. The van der Waals surface area contributed by atoms with Crippen molar-refractivity contribution in [3.05, 3.63) is 29.6 Å². The molecule has 1 aromatic rings. The first-order chi connectivity index (χ1) is 7.58. The lowest BCUT2D eigenvalue weighted by Gasteiger charge is -2.06. The molecule has 1 aromatic heterocycles. The van der Waals surface area contributed by atoms with Gasteiger partial charge in [0, 0.05) is 12.1 Å². The van der Waals surface area contributed by atoms with Crippen LogP contribution in [0.1, 0.15) is 38.1 Å². The lowest BCUT2D eigenvalue weighted by molar-refractivity contribution is -0.121. The number of amides is 1. The molecule has 0 atom stereocenters. The van der Waals surface area contributed by atoms with Gasteiger partial charge in [0.15, 0.2) is 0 Å². The number of carbonyl (C=O) groups is 1. The van der Waals surface area contributed by atoms with E-state index in [2.05, 4.69) is 24.1 Å². The van der Waals surface area contributed by atoms with Crippen molar-refractivity contribution in [2.45, 2.75) is 40.2 Å². The van der Waals surface area contributed by atoms with E-state index in [1.54, 1.807) is 0 Å². The largest absolute Gasteiger partial charge is 0.350 e. The molecule has 0 saturated heterocycles. The summed E-state index contributed by atoms with van der Waals surface area (Å²) in [5, 5.41) is 2.88. The highest BCUT2D eigenvalue weighted by atomic mass is 16.1. The molecule has 0 aliphatic rings. The van der Waals surface area contributed by atoms with Gasteiger partial charge >= 0.3 is 0 Å². The third-order valence-corrected chi connectivity index (χ3v) is 2.36. The Kier molecular flexibility index (Phi) is 4.96. The Morgan fingerprint density at radius 2 is 2.19 bits per heavy atom. The molecule has 0 radical (unpaired) electrons. The van der Waals surface area contributed by atoms with Crippen molar-refractivity contribution in [3.8, 4) is 0 Å². The fraction of sp³-hybridized carbons (Fsp3) is 0.538. The minimum Gasteiger partial charge on any atom is -0.350 e. The first kappa shape index (κ1) is 12.7. The van der Waals surface area contributed by atoms with E-state index in [1.807, 2.05) is 25.1 Å². The predicted molar refractivity (Wildman–Crippen MR) is 64.9 cm³/mol. The van der Waals surface area contributed by atoms with Gasteiger partial charge in [0.05, 0.1) is 12.2 Å². The fourth-order valence-electron chi connectivity index (χ4n) is 1.40. The zero-order valence-electron chi connectivity index (χ0n) is 10.3. The zero-order valence-corrected chi connectivity index (χ0v) is 10.3. The van der Waals surface area contributed by atoms with Gasteiger partial charge in [0.25, 0.3) is 0 Å². The molecule has 0 saturated carbocycles. The second-order valence-electron chi connectivity index (χ2n) is 4.48. The smallest absolute Gasteiger partial charge is 0.220 e. The minimum absolute atomic E-state index is 0.108. The summed E-state index contributed by atoms with van der Waals surface area (Å²) >= 11 is 0. The fourth-order valence-corrected chi connectivity index (χ4v) is 1.40. The van der Waals surface area contributed by atoms with Gasteiger partial charge in [-0.25, -0.2) is 0 Å². The maximum absolute atomic E-state index is 11.5. The maximum atomic E-state index is 11.5. The standard InChI is InChI=1S/C13H20N2O/c1-10(2)7-8-13(16)14-9-12-6-4-5-11(3)15-12/h4-6,10H,7-9H2,1-3H3,(H,14,16). The van der Waals surface area contributed by atoms with E-state index in [1.165, 1.54) is 0 Å². The van der Waals surface area contributed by atoms with Gasteiger partial charge in [-0.05, 0) is 31.4 Å². The van der Waals surface area contributed by atoms with Crippen LogP contribution in [0.25, 0.3) is 0 Å². The first-order valence-corrected chi connectivity index (χ1v) is 5.77. The highest BCUT2D eigenvalue weighted by Crippen LogP contribution is 2.03. The Labute approximate surface area is 97.3 Å². The molecule has 1 rings (SSSR count). The summed E-state index contributed by atoms with van der Waals surface area (Å²) in [5.41, 5.74) is 1.90. The summed E-state index contributed by atoms with van der Waals surface area (Å²) in [6.07, 6.45) is 1.54. The number of hydrogen-bond donors (Lipinski definition) is 1. The zero-order chi connectivity index (χ0) is 12.0. The Morgan fingerprint density at radius 1 is 1.44 bits per heavy atom. The highest BCUT2D eigenvalue weighted by molar-refractivity contribution is 5.75. The van der Waals surface area contributed by atoms with Crippen molar-refractivity contribution in [2.24, 2.45) is 5.92 Å². The molecule has 0 spiro atoms. The number of rotatable bonds is 5. The molecule has 0 fully saturated rings. The van der Waals surface area contributed by atoms with Gasteiger partial charge in [-0.2, -0.15) is 0 Å². The maximum Gasteiger partial charge on any atom is 0.220 e. The van der Waals surface area contributed by atoms with E-state index in [0.717, 1.165) is 17.8 Å². The summed E-state index contributed by atoms with van der Waals surface area (Å²) in [5.74, 6) is 0.680. The molecule has 1 amide bonds. The number of hydrogen-bond acceptors (Lipinski definition) is 2. The van der Waals surface area contributed by atoms with Crippen LogP contribution in [0.3, 0.4) is 0 Å². The molecular weight excluding hydrogens is 200 g/mol. The predicted octanol–water partition coefficient (Wildman–Crippen LogP) is 2.44. The molecule has 3 nitrogen and oxygen atoms in total. The third kappa shape index (κ3) is 4.91. The van der Waals surface area contributed by atoms with Gasteiger partial charge in [0.1, 0.15) is 0 Å². The van der Waals surface area contributed by atoms with E-state index < -0.39 is 0 Å². The summed E-state index contributed by atoms with van der Waals surface area (Å²) in [6.45, 7) is 6.72. The molecule has 1 heterocycles. The molecular formula is C13H20N2O. The molecule has 0 unspecified atom stereocenters. The van der Waals surface area contributed by atoms with Crippen LogP contribution in [-0.4, -0.2) is 10.9 Å². The van der Waals surface area contributed by atoms with Gasteiger partial charge in [-0.1, -0.05) is 19.9 Å². The average molecular weight is 220 g/mol. The molecule has 0 bridgehead atoms. The summed E-state index contributed by atoms with van der Waals surface area (Å²) in [4.78, 5) is 15.8. The highest BCUT2D eigenvalue weighted by Gasteiger charge is 2.03. The minimum atomic E-state index is 0.108. The first-order valence-electron chi connectivity index (χ1n) is 5.77. The molecule has 0 aromatic carbocycles. The topological polar surface area (TPSA) is 42.0 Å². The normalized spacial score (nSPS) is 10.5. The van der Waals surface area contributed by atoms with Gasteiger partial charge in [0.2, 0.25) is 5.91 Å². The Hall–Kier alpha value is -1.38. The third-order valence-electron chi connectivity index (χ3n) is 2.36. The molecule has 88 valence electrons.